The van der Waals surface area contributed by atoms with Crippen LogP contribution in [0.15, 0.2) is 36.4 Å². The third kappa shape index (κ3) is 2.39. The Kier molecular flexibility index (Phi) is 3.91. The van der Waals surface area contributed by atoms with Crippen LogP contribution in [0.4, 0.5) is 0 Å². The topological polar surface area (TPSA) is 55.4 Å². The van der Waals surface area contributed by atoms with Gasteiger partial charge in [-0.25, -0.2) is 0 Å². The lowest BCUT2D eigenvalue weighted by molar-refractivity contribution is -0.150. The highest BCUT2D eigenvalue weighted by molar-refractivity contribution is 6.18. The van der Waals surface area contributed by atoms with Crippen molar-refractivity contribution in [3.63, 3.8) is 0 Å². The number of hydrogen-bond donors (Lipinski definition) is 1. The first-order chi connectivity index (χ1) is 11.4. The standard InChI is InChI=1S/C20H21NO3/c1-5-24-19(23)20(3,4)17-14-10-6-8-13-9-7-11-15(16(13)14)18(17)21-12(2)22/h6-11H,5H2,1-4H3,(H,21,22). The minimum Gasteiger partial charge on any atom is -0.465 e. The fourth-order valence-electron chi connectivity index (χ4n) is 3.40. The Bertz CT molecular complexity index is 872. The molecule has 0 bridgehead atoms. The van der Waals surface area contributed by atoms with Crippen molar-refractivity contribution in [1.29, 1.82) is 0 Å². The third-order valence-electron chi connectivity index (χ3n) is 4.41. The van der Waals surface area contributed by atoms with Gasteiger partial charge in [-0.3, -0.25) is 9.59 Å². The van der Waals surface area contributed by atoms with Crippen molar-refractivity contribution in [1.82, 2.24) is 5.32 Å². The molecule has 0 aromatic heterocycles. The van der Waals surface area contributed by atoms with Crippen LogP contribution in [0.5, 0.6) is 0 Å². The zero-order chi connectivity index (χ0) is 17.5. The predicted molar refractivity (Wildman–Crippen MR) is 95.0 cm³/mol. The molecule has 3 rings (SSSR count). The minimum absolute atomic E-state index is 0.160. The van der Waals surface area contributed by atoms with Crippen LogP contribution in [-0.4, -0.2) is 18.5 Å². The number of hydrogen-bond acceptors (Lipinski definition) is 3. The van der Waals surface area contributed by atoms with E-state index in [0.29, 0.717) is 12.3 Å². The molecule has 0 saturated heterocycles. The first-order valence-corrected chi connectivity index (χ1v) is 8.10. The molecule has 0 spiro atoms. The first kappa shape index (κ1) is 16.2. The summed E-state index contributed by atoms with van der Waals surface area (Å²) in [5.74, 6) is -0.459. The van der Waals surface area contributed by atoms with Gasteiger partial charge in [0, 0.05) is 18.1 Å². The lowest BCUT2D eigenvalue weighted by Gasteiger charge is -2.26. The highest BCUT2D eigenvalue weighted by Crippen LogP contribution is 2.49. The molecule has 0 fully saturated rings. The molecule has 1 amide bonds. The SMILES string of the molecule is CCOC(=O)C(C)(C)C1=C(NC(C)=O)c2cccc3cccc1c23. The van der Waals surface area contributed by atoms with E-state index in [1.807, 2.05) is 50.2 Å². The van der Waals surface area contributed by atoms with Crippen molar-refractivity contribution in [3.8, 4) is 0 Å². The number of ether oxygens (including phenoxy) is 1. The normalized spacial score (nSPS) is 13.3. The maximum Gasteiger partial charge on any atom is 0.316 e. The van der Waals surface area contributed by atoms with Gasteiger partial charge in [0.2, 0.25) is 5.91 Å². The number of benzene rings is 2. The second-order valence-electron chi connectivity index (χ2n) is 6.49. The smallest absolute Gasteiger partial charge is 0.316 e. The van der Waals surface area contributed by atoms with E-state index >= 15 is 0 Å². The van der Waals surface area contributed by atoms with E-state index in [1.54, 1.807) is 6.92 Å². The highest BCUT2D eigenvalue weighted by atomic mass is 16.5. The van der Waals surface area contributed by atoms with Crippen LogP contribution >= 0.6 is 0 Å². The monoisotopic (exact) mass is 323 g/mol. The van der Waals surface area contributed by atoms with E-state index in [0.717, 1.165) is 27.5 Å². The van der Waals surface area contributed by atoms with Crippen LogP contribution in [0.25, 0.3) is 22.0 Å². The van der Waals surface area contributed by atoms with Gasteiger partial charge in [0.1, 0.15) is 0 Å². The Balaban J connectivity index is 2.29. The van der Waals surface area contributed by atoms with Gasteiger partial charge in [-0.2, -0.15) is 0 Å². The molecule has 4 heteroatoms. The molecule has 24 heavy (non-hydrogen) atoms. The predicted octanol–water partition coefficient (Wildman–Crippen LogP) is 3.75. The van der Waals surface area contributed by atoms with Crippen molar-refractivity contribution in [2.24, 2.45) is 5.41 Å². The largest absolute Gasteiger partial charge is 0.465 e. The fraction of sp³-hybridized carbons (Fsp3) is 0.300. The summed E-state index contributed by atoms with van der Waals surface area (Å²) in [5.41, 5.74) is 2.56. The van der Waals surface area contributed by atoms with E-state index in [-0.39, 0.29) is 11.9 Å². The Labute approximate surface area is 141 Å². The van der Waals surface area contributed by atoms with Crippen LogP contribution in [0.2, 0.25) is 0 Å². The van der Waals surface area contributed by atoms with E-state index in [4.69, 9.17) is 4.74 Å². The van der Waals surface area contributed by atoms with Crippen molar-refractivity contribution >= 4 is 33.9 Å². The van der Waals surface area contributed by atoms with Crippen molar-refractivity contribution < 1.29 is 14.3 Å². The number of carbonyl (C=O) groups excluding carboxylic acids is 2. The average molecular weight is 323 g/mol. The van der Waals surface area contributed by atoms with Crippen LogP contribution in [0, 0.1) is 5.41 Å². The molecule has 2 aromatic carbocycles. The molecule has 0 atom stereocenters. The maximum absolute atomic E-state index is 12.6. The summed E-state index contributed by atoms with van der Waals surface area (Å²) < 4.78 is 5.28. The quantitative estimate of drug-likeness (QED) is 0.872. The van der Waals surface area contributed by atoms with E-state index in [2.05, 4.69) is 5.32 Å². The number of amides is 1. The van der Waals surface area contributed by atoms with Gasteiger partial charge < -0.3 is 10.1 Å². The fourth-order valence-corrected chi connectivity index (χ4v) is 3.40. The Morgan fingerprint density at radius 1 is 1.08 bits per heavy atom. The molecule has 124 valence electrons. The molecular formula is C20H21NO3. The summed E-state index contributed by atoms with van der Waals surface area (Å²) >= 11 is 0. The van der Waals surface area contributed by atoms with Gasteiger partial charge in [0.15, 0.2) is 0 Å². The lowest BCUT2D eigenvalue weighted by atomic mass is 9.80. The summed E-state index contributed by atoms with van der Waals surface area (Å²) in [6.07, 6.45) is 0. The molecule has 0 aliphatic heterocycles. The van der Waals surface area contributed by atoms with Gasteiger partial charge in [-0.05, 0) is 37.1 Å². The summed E-state index contributed by atoms with van der Waals surface area (Å²) in [7, 11) is 0. The first-order valence-electron chi connectivity index (χ1n) is 8.10. The molecule has 0 heterocycles. The Morgan fingerprint density at radius 2 is 1.71 bits per heavy atom. The third-order valence-corrected chi connectivity index (χ3v) is 4.41. The van der Waals surface area contributed by atoms with Gasteiger partial charge in [0.05, 0.1) is 17.7 Å². The zero-order valence-electron chi connectivity index (χ0n) is 14.4. The van der Waals surface area contributed by atoms with E-state index < -0.39 is 5.41 Å². The molecule has 2 aromatic rings. The second-order valence-corrected chi connectivity index (χ2v) is 6.49. The molecule has 1 aliphatic carbocycles. The van der Waals surface area contributed by atoms with E-state index in [1.165, 1.54) is 6.92 Å². The lowest BCUT2D eigenvalue weighted by Crippen LogP contribution is -2.30. The highest BCUT2D eigenvalue weighted by Gasteiger charge is 2.40. The summed E-state index contributed by atoms with van der Waals surface area (Å²) in [4.78, 5) is 24.4. The Morgan fingerprint density at radius 3 is 2.29 bits per heavy atom. The number of nitrogens with one attached hydrogen (secondary N) is 1. The number of carbonyl (C=O) groups is 2. The molecule has 1 N–H and O–H groups in total. The average Bonchev–Trinajstić information content (AvgIpc) is 2.84. The van der Waals surface area contributed by atoms with Crippen molar-refractivity contribution in [2.75, 3.05) is 6.61 Å². The Hall–Kier alpha value is -2.62. The molecule has 1 aliphatic rings. The molecule has 0 saturated carbocycles. The number of rotatable bonds is 4. The van der Waals surface area contributed by atoms with Gasteiger partial charge in [-0.1, -0.05) is 36.4 Å². The van der Waals surface area contributed by atoms with Crippen LogP contribution in [-0.2, 0) is 14.3 Å². The zero-order valence-corrected chi connectivity index (χ0v) is 14.4. The van der Waals surface area contributed by atoms with E-state index in [9.17, 15) is 9.59 Å². The van der Waals surface area contributed by atoms with Gasteiger partial charge in [0.25, 0.3) is 0 Å². The summed E-state index contributed by atoms with van der Waals surface area (Å²) in [5, 5.41) is 5.09. The van der Waals surface area contributed by atoms with Gasteiger partial charge in [-0.15, -0.1) is 0 Å². The van der Waals surface area contributed by atoms with Crippen molar-refractivity contribution in [3.05, 3.63) is 47.5 Å². The second kappa shape index (κ2) is 5.78. The van der Waals surface area contributed by atoms with Crippen molar-refractivity contribution in [2.45, 2.75) is 27.7 Å². The molecule has 0 radical (unpaired) electrons. The number of esters is 1. The van der Waals surface area contributed by atoms with Crippen LogP contribution in [0.3, 0.4) is 0 Å². The summed E-state index contributed by atoms with van der Waals surface area (Å²) in [6, 6.07) is 12.0. The van der Waals surface area contributed by atoms with Gasteiger partial charge >= 0.3 is 5.97 Å². The molecule has 4 nitrogen and oxygen atoms in total. The van der Waals surface area contributed by atoms with Crippen LogP contribution in [0.1, 0.15) is 38.8 Å². The minimum atomic E-state index is -0.874. The van der Waals surface area contributed by atoms with Crippen LogP contribution < -0.4 is 5.32 Å². The molecular weight excluding hydrogens is 302 g/mol. The summed E-state index contributed by atoms with van der Waals surface area (Å²) in [6.45, 7) is 7.27. The maximum atomic E-state index is 12.6. The molecule has 0 unspecified atom stereocenters.